The number of anilines is 1. The summed E-state index contributed by atoms with van der Waals surface area (Å²) in [6.45, 7) is 4.14. The second kappa shape index (κ2) is 15.0. The summed E-state index contributed by atoms with van der Waals surface area (Å²) in [6.07, 6.45) is 0.959. The number of ether oxygens (including phenoxy) is 2. The number of rotatable bonds is 13. The van der Waals surface area contributed by atoms with E-state index in [0.717, 1.165) is 15.4 Å². The van der Waals surface area contributed by atoms with Gasteiger partial charge in [-0.1, -0.05) is 85.8 Å². The minimum Gasteiger partial charge on any atom is -0.486 e. The lowest BCUT2D eigenvalue weighted by Crippen LogP contribution is -2.54. The van der Waals surface area contributed by atoms with Crippen LogP contribution in [0.3, 0.4) is 0 Å². The van der Waals surface area contributed by atoms with E-state index in [1.807, 2.05) is 74.5 Å². The number of nitrogens with one attached hydrogen (secondary N) is 1. The number of carbonyl (C=O) groups excluding carboxylic acids is 2. The van der Waals surface area contributed by atoms with E-state index in [2.05, 4.69) is 5.32 Å². The van der Waals surface area contributed by atoms with E-state index in [-0.39, 0.29) is 35.5 Å². The van der Waals surface area contributed by atoms with Gasteiger partial charge in [-0.25, -0.2) is 8.42 Å². The molecule has 1 heterocycles. The Kier molecular flexibility index (Phi) is 10.6. The maximum Gasteiger partial charge on any atom is 0.264 e. The zero-order valence-electron chi connectivity index (χ0n) is 26.0. The van der Waals surface area contributed by atoms with E-state index in [4.69, 9.17) is 9.47 Å². The molecule has 0 unspecified atom stereocenters. The minimum atomic E-state index is -4.22. The zero-order valence-corrected chi connectivity index (χ0v) is 26.9. The molecular weight excluding hydrogens is 602 g/mol. The van der Waals surface area contributed by atoms with Crippen molar-refractivity contribution in [2.45, 2.75) is 50.2 Å². The quantitative estimate of drug-likeness (QED) is 0.215. The smallest absolute Gasteiger partial charge is 0.264 e. The lowest BCUT2D eigenvalue weighted by molar-refractivity contribution is -0.140. The molecule has 0 saturated heterocycles. The Morgan fingerprint density at radius 3 is 2.02 bits per heavy atom. The van der Waals surface area contributed by atoms with Crippen LogP contribution < -0.4 is 19.1 Å². The van der Waals surface area contributed by atoms with Crippen molar-refractivity contribution in [3.05, 3.63) is 120 Å². The Morgan fingerprint density at radius 2 is 1.39 bits per heavy atom. The molecule has 2 amide bonds. The topological polar surface area (TPSA) is 105 Å². The van der Waals surface area contributed by atoms with Gasteiger partial charge in [0.15, 0.2) is 11.5 Å². The highest BCUT2D eigenvalue weighted by Crippen LogP contribution is 2.36. The van der Waals surface area contributed by atoms with Crippen LogP contribution in [0.25, 0.3) is 0 Å². The lowest BCUT2D eigenvalue weighted by Gasteiger charge is -2.34. The summed E-state index contributed by atoms with van der Waals surface area (Å²) in [5.74, 6) is 0.0481. The van der Waals surface area contributed by atoms with Gasteiger partial charge in [0.05, 0.1) is 10.6 Å². The van der Waals surface area contributed by atoms with Crippen molar-refractivity contribution in [1.29, 1.82) is 0 Å². The van der Waals surface area contributed by atoms with Gasteiger partial charge in [0.25, 0.3) is 10.0 Å². The molecule has 1 aliphatic rings. The molecule has 0 aromatic heterocycles. The van der Waals surface area contributed by atoms with Gasteiger partial charge in [-0.2, -0.15) is 0 Å². The SMILES string of the molecule is CC[C@@H](C)NC(=O)[C@@H](Cc1ccccc1)N(Cc1ccccc1)C(=O)CN(c1ccc2c(c1)OCCO2)S(=O)(=O)c1ccccc1. The molecule has 240 valence electrons. The molecule has 5 rings (SSSR count). The molecule has 0 spiro atoms. The number of benzene rings is 4. The molecule has 9 nitrogen and oxygen atoms in total. The Balaban J connectivity index is 1.57. The standard InChI is InChI=1S/C36H39N3O6S/c1-3-27(2)37-36(41)32(23-28-13-7-4-8-14-28)38(25-29-15-9-5-10-16-29)35(40)26-39(46(42,43)31-17-11-6-12-18-31)30-19-20-33-34(24-30)45-22-21-44-33/h4-20,24,27,32H,3,21-23,25-26H2,1-2H3,(H,37,41)/t27-,32-/m1/s1. The fourth-order valence-corrected chi connectivity index (χ4v) is 6.64. The van der Waals surface area contributed by atoms with Crippen LogP contribution in [0.5, 0.6) is 11.5 Å². The number of nitrogens with zero attached hydrogens (tertiary/aromatic N) is 2. The van der Waals surface area contributed by atoms with Crippen LogP contribution in [0, 0.1) is 0 Å². The fraction of sp³-hybridized carbons (Fsp3) is 0.278. The normalized spacial score (nSPS) is 13.7. The largest absolute Gasteiger partial charge is 0.486 e. The Bertz CT molecular complexity index is 1720. The van der Waals surface area contributed by atoms with E-state index in [1.54, 1.807) is 36.4 Å². The molecule has 0 aliphatic carbocycles. The minimum absolute atomic E-state index is 0.0302. The predicted octanol–water partition coefficient (Wildman–Crippen LogP) is 5.21. The summed E-state index contributed by atoms with van der Waals surface area (Å²) in [6, 6.07) is 30.6. The summed E-state index contributed by atoms with van der Waals surface area (Å²) in [5.41, 5.74) is 1.92. The van der Waals surface area contributed by atoms with Crippen LogP contribution in [0.2, 0.25) is 0 Å². The number of sulfonamides is 1. The summed E-state index contributed by atoms with van der Waals surface area (Å²) in [4.78, 5) is 30.0. The fourth-order valence-electron chi connectivity index (χ4n) is 5.21. The molecule has 4 aromatic carbocycles. The van der Waals surface area contributed by atoms with Crippen LogP contribution in [-0.4, -0.2) is 57.0 Å². The van der Waals surface area contributed by atoms with Gasteiger partial charge < -0.3 is 19.7 Å². The van der Waals surface area contributed by atoms with Crippen LogP contribution >= 0.6 is 0 Å². The number of amides is 2. The third-order valence-corrected chi connectivity index (χ3v) is 9.68. The van der Waals surface area contributed by atoms with Crippen molar-refractivity contribution in [2.75, 3.05) is 24.1 Å². The summed E-state index contributed by atoms with van der Waals surface area (Å²) >= 11 is 0. The van der Waals surface area contributed by atoms with E-state index in [1.165, 1.54) is 17.0 Å². The van der Waals surface area contributed by atoms with Gasteiger partial charge >= 0.3 is 0 Å². The Hall–Kier alpha value is -4.83. The molecule has 4 aromatic rings. The van der Waals surface area contributed by atoms with E-state index < -0.39 is 28.5 Å². The third-order valence-electron chi connectivity index (χ3n) is 7.89. The first kappa shape index (κ1) is 32.6. The van der Waals surface area contributed by atoms with Crippen molar-refractivity contribution in [3.8, 4) is 11.5 Å². The molecule has 0 fully saturated rings. The van der Waals surface area contributed by atoms with Gasteiger partial charge in [-0.15, -0.1) is 0 Å². The number of carbonyl (C=O) groups is 2. The van der Waals surface area contributed by atoms with Crippen LogP contribution in [0.1, 0.15) is 31.4 Å². The highest BCUT2D eigenvalue weighted by Gasteiger charge is 2.35. The van der Waals surface area contributed by atoms with E-state index in [9.17, 15) is 18.0 Å². The van der Waals surface area contributed by atoms with Gasteiger partial charge in [0, 0.05) is 25.1 Å². The molecule has 1 aliphatic heterocycles. The average Bonchev–Trinajstić information content (AvgIpc) is 3.09. The monoisotopic (exact) mass is 641 g/mol. The van der Waals surface area contributed by atoms with Crippen molar-refractivity contribution < 1.29 is 27.5 Å². The van der Waals surface area contributed by atoms with E-state index in [0.29, 0.717) is 31.1 Å². The van der Waals surface area contributed by atoms with Crippen LogP contribution in [-0.2, 0) is 32.6 Å². The molecule has 46 heavy (non-hydrogen) atoms. The van der Waals surface area contributed by atoms with Crippen molar-refractivity contribution in [3.63, 3.8) is 0 Å². The van der Waals surface area contributed by atoms with Gasteiger partial charge in [0.1, 0.15) is 25.8 Å². The van der Waals surface area contributed by atoms with Crippen LogP contribution in [0.4, 0.5) is 5.69 Å². The molecule has 2 atom stereocenters. The molecular formula is C36H39N3O6S. The Morgan fingerprint density at radius 1 is 0.804 bits per heavy atom. The molecule has 0 bridgehead atoms. The molecule has 1 N–H and O–H groups in total. The van der Waals surface area contributed by atoms with Gasteiger partial charge in [-0.05, 0) is 48.7 Å². The number of hydrogen-bond acceptors (Lipinski definition) is 6. The third kappa shape index (κ3) is 7.87. The second-order valence-corrected chi connectivity index (χ2v) is 13.0. The lowest BCUT2D eigenvalue weighted by atomic mass is 10.0. The first-order valence-electron chi connectivity index (χ1n) is 15.4. The first-order valence-corrected chi connectivity index (χ1v) is 16.9. The number of fused-ring (bicyclic) bond motifs is 1. The average molecular weight is 642 g/mol. The summed E-state index contributed by atoms with van der Waals surface area (Å²) in [5, 5.41) is 3.05. The molecule has 10 heteroatoms. The zero-order chi connectivity index (χ0) is 32.5. The number of hydrogen-bond donors (Lipinski definition) is 1. The highest BCUT2D eigenvalue weighted by atomic mass is 32.2. The van der Waals surface area contributed by atoms with Crippen LogP contribution in [0.15, 0.2) is 114 Å². The summed E-state index contributed by atoms with van der Waals surface area (Å²) in [7, 11) is -4.22. The maximum atomic E-state index is 14.6. The van der Waals surface area contributed by atoms with Crippen molar-refractivity contribution in [1.82, 2.24) is 10.2 Å². The summed E-state index contributed by atoms with van der Waals surface area (Å²) < 4.78 is 40.9. The highest BCUT2D eigenvalue weighted by molar-refractivity contribution is 7.92. The first-order chi connectivity index (χ1) is 22.3. The molecule has 0 saturated carbocycles. The molecule has 0 radical (unpaired) electrons. The van der Waals surface area contributed by atoms with Crippen molar-refractivity contribution >= 4 is 27.5 Å². The van der Waals surface area contributed by atoms with Gasteiger partial charge in [0.2, 0.25) is 11.8 Å². The predicted molar refractivity (Wildman–Crippen MR) is 177 cm³/mol. The van der Waals surface area contributed by atoms with Gasteiger partial charge in [-0.3, -0.25) is 13.9 Å². The van der Waals surface area contributed by atoms with Crippen molar-refractivity contribution in [2.24, 2.45) is 0 Å². The maximum absolute atomic E-state index is 14.6. The second-order valence-electron chi connectivity index (χ2n) is 11.2. The Labute approximate surface area is 270 Å². The van der Waals surface area contributed by atoms with E-state index >= 15 is 0 Å².